The number of hydrogen-bond donors (Lipinski definition) is 1. The first-order chi connectivity index (χ1) is 8.65. The molecule has 0 spiro atoms. The Balaban J connectivity index is 1.97. The zero-order chi connectivity index (χ0) is 13.0. The highest BCUT2D eigenvalue weighted by atomic mass is 19.1. The largest absolute Gasteiger partial charge is 0.545 e. The van der Waals surface area contributed by atoms with Crippen LogP contribution < -0.4 is 10.4 Å². The van der Waals surface area contributed by atoms with Crippen molar-refractivity contribution in [3.05, 3.63) is 65.5 Å². The zero-order valence-electron chi connectivity index (χ0n) is 9.52. The number of hydrogen-bond acceptors (Lipinski definition) is 3. The molecule has 0 atom stereocenters. The van der Waals surface area contributed by atoms with E-state index in [1.165, 1.54) is 24.3 Å². The van der Waals surface area contributed by atoms with E-state index in [4.69, 9.17) is 0 Å². The van der Waals surface area contributed by atoms with Crippen LogP contribution in [0, 0.1) is 5.82 Å². The first-order valence-corrected chi connectivity index (χ1v) is 5.45. The molecule has 0 saturated carbocycles. The number of benzene rings is 2. The number of aromatic carboxylic acids is 1. The van der Waals surface area contributed by atoms with Gasteiger partial charge in [-0.05, 0) is 35.4 Å². The summed E-state index contributed by atoms with van der Waals surface area (Å²) in [6.07, 6.45) is 0. The average molecular weight is 244 g/mol. The Bertz CT molecular complexity index is 535. The predicted molar refractivity (Wildman–Crippen MR) is 64.5 cm³/mol. The van der Waals surface area contributed by atoms with Crippen molar-refractivity contribution in [1.82, 2.24) is 0 Å². The van der Waals surface area contributed by atoms with Gasteiger partial charge >= 0.3 is 0 Å². The molecule has 2 rings (SSSR count). The van der Waals surface area contributed by atoms with E-state index in [1.54, 1.807) is 24.3 Å². The number of halogens is 1. The van der Waals surface area contributed by atoms with E-state index in [9.17, 15) is 14.3 Å². The molecule has 4 heteroatoms. The number of nitrogens with one attached hydrogen (secondary N) is 1. The Morgan fingerprint density at radius 1 is 1.06 bits per heavy atom. The lowest BCUT2D eigenvalue weighted by atomic mass is 10.2. The Morgan fingerprint density at radius 3 is 2.22 bits per heavy atom. The number of carbonyl (C=O) groups is 1. The van der Waals surface area contributed by atoms with E-state index < -0.39 is 5.97 Å². The molecule has 0 saturated heterocycles. The van der Waals surface area contributed by atoms with Crippen LogP contribution in [0.5, 0.6) is 0 Å². The number of carboxylic acids is 1. The molecule has 0 aliphatic rings. The molecule has 0 aromatic heterocycles. The van der Waals surface area contributed by atoms with Gasteiger partial charge in [-0.2, -0.15) is 0 Å². The van der Waals surface area contributed by atoms with Gasteiger partial charge in [0.15, 0.2) is 0 Å². The highest BCUT2D eigenvalue weighted by Crippen LogP contribution is 2.11. The second-order valence-electron chi connectivity index (χ2n) is 3.84. The lowest BCUT2D eigenvalue weighted by Gasteiger charge is -2.08. The normalized spacial score (nSPS) is 10.1. The molecule has 0 aliphatic heterocycles. The summed E-state index contributed by atoms with van der Waals surface area (Å²) < 4.78 is 12.7. The second-order valence-corrected chi connectivity index (χ2v) is 3.84. The lowest BCUT2D eigenvalue weighted by molar-refractivity contribution is -0.255. The van der Waals surface area contributed by atoms with Crippen molar-refractivity contribution in [2.24, 2.45) is 0 Å². The van der Waals surface area contributed by atoms with Crippen LogP contribution in [-0.4, -0.2) is 5.97 Å². The maximum atomic E-state index is 12.7. The van der Waals surface area contributed by atoms with Crippen LogP contribution >= 0.6 is 0 Å². The smallest absolute Gasteiger partial charge is 0.123 e. The first-order valence-electron chi connectivity index (χ1n) is 5.45. The molecule has 0 radical (unpaired) electrons. The number of carboxylic acid groups (broad SMARTS) is 1. The zero-order valence-corrected chi connectivity index (χ0v) is 9.52. The summed E-state index contributed by atoms with van der Waals surface area (Å²) in [6, 6.07) is 12.5. The summed E-state index contributed by atoms with van der Waals surface area (Å²) in [7, 11) is 0. The van der Waals surface area contributed by atoms with Crippen LogP contribution in [-0.2, 0) is 6.54 Å². The minimum Gasteiger partial charge on any atom is -0.545 e. The van der Waals surface area contributed by atoms with Crippen LogP contribution in [0.15, 0.2) is 48.5 Å². The van der Waals surface area contributed by atoms with Gasteiger partial charge in [-0.1, -0.05) is 24.3 Å². The number of anilines is 1. The standard InChI is InChI=1S/C14H12FNO2/c15-12-5-1-10(2-6-12)9-16-13-7-3-11(4-8-13)14(17)18/h1-8,16H,9H2,(H,17,18)/p-1. The van der Waals surface area contributed by atoms with Gasteiger partial charge in [0.25, 0.3) is 0 Å². The van der Waals surface area contributed by atoms with Crippen LogP contribution in [0.2, 0.25) is 0 Å². The highest BCUT2D eigenvalue weighted by Gasteiger charge is 1.96. The Labute approximate surface area is 104 Å². The third kappa shape index (κ3) is 3.07. The quantitative estimate of drug-likeness (QED) is 0.892. The van der Waals surface area contributed by atoms with Crippen LogP contribution in [0.25, 0.3) is 0 Å². The van der Waals surface area contributed by atoms with E-state index in [2.05, 4.69) is 5.32 Å². The van der Waals surface area contributed by atoms with E-state index in [0.717, 1.165) is 11.3 Å². The summed E-state index contributed by atoms with van der Waals surface area (Å²) in [4.78, 5) is 10.6. The molecule has 0 aliphatic carbocycles. The summed E-state index contributed by atoms with van der Waals surface area (Å²) in [5.74, 6) is -1.46. The maximum absolute atomic E-state index is 12.7. The fourth-order valence-corrected chi connectivity index (χ4v) is 1.53. The van der Waals surface area contributed by atoms with Gasteiger partial charge in [0, 0.05) is 12.2 Å². The van der Waals surface area contributed by atoms with Crippen molar-refractivity contribution in [2.75, 3.05) is 5.32 Å². The van der Waals surface area contributed by atoms with Crippen molar-refractivity contribution in [1.29, 1.82) is 0 Å². The second kappa shape index (κ2) is 5.31. The van der Waals surface area contributed by atoms with Crippen LogP contribution in [0.4, 0.5) is 10.1 Å². The SMILES string of the molecule is O=C([O-])c1ccc(NCc2ccc(F)cc2)cc1. The molecule has 92 valence electrons. The van der Waals surface area contributed by atoms with Crippen molar-refractivity contribution in [3.8, 4) is 0 Å². The van der Waals surface area contributed by atoms with E-state index in [-0.39, 0.29) is 11.4 Å². The molecule has 0 unspecified atom stereocenters. The molecule has 0 fully saturated rings. The average Bonchev–Trinajstić information content (AvgIpc) is 2.38. The van der Waals surface area contributed by atoms with Crippen LogP contribution in [0.1, 0.15) is 15.9 Å². The lowest BCUT2D eigenvalue weighted by Crippen LogP contribution is -2.21. The topological polar surface area (TPSA) is 52.2 Å². The third-order valence-corrected chi connectivity index (χ3v) is 2.53. The Kier molecular flexibility index (Phi) is 3.57. The molecule has 2 aromatic carbocycles. The maximum Gasteiger partial charge on any atom is 0.123 e. The van der Waals surface area contributed by atoms with Crippen molar-refractivity contribution >= 4 is 11.7 Å². The first kappa shape index (κ1) is 12.1. The predicted octanol–water partition coefficient (Wildman–Crippen LogP) is 1.80. The number of rotatable bonds is 4. The molecule has 3 nitrogen and oxygen atoms in total. The Hall–Kier alpha value is -2.36. The molecule has 18 heavy (non-hydrogen) atoms. The molecular weight excluding hydrogens is 233 g/mol. The minimum atomic E-state index is -1.19. The van der Waals surface area contributed by atoms with E-state index in [0.29, 0.717) is 6.54 Å². The molecule has 2 aromatic rings. The van der Waals surface area contributed by atoms with Crippen molar-refractivity contribution < 1.29 is 14.3 Å². The van der Waals surface area contributed by atoms with Crippen LogP contribution in [0.3, 0.4) is 0 Å². The highest BCUT2D eigenvalue weighted by molar-refractivity contribution is 5.86. The van der Waals surface area contributed by atoms with Gasteiger partial charge in [0.1, 0.15) is 5.82 Å². The molecule has 0 heterocycles. The molecular formula is C14H11FNO2-. The monoisotopic (exact) mass is 244 g/mol. The van der Waals surface area contributed by atoms with Crippen molar-refractivity contribution in [3.63, 3.8) is 0 Å². The summed E-state index contributed by atoms with van der Waals surface area (Å²) in [6.45, 7) is 0.547. The third-order valence-electron chi connectivity index (χ3n) is 2.53. The minimum absolute atomic E-state index is 0.141. The molecule has 1 N–H and O–H groups in total. The summed E-state index contributed by atoms with van der Waals surface area (Å²) >= 11 is 0. The van der Waals surface area contributed by atoms with E-state index >= 15 is 0 Å². The fourth-order valence-electron chi connectivity index (χ4n) is 1.53. The molecule has 0 bridgehead atoms. The molecule has 0 amide bonds. The van der Waals surface area contributed by atoms with Gasteiger partial charge in [0.2, 0.25) is 0 Å². The fraction of sp³-hybridized carbons (Fsp3) is 0.0714. The summed E-state index contributed by atoms with van der Waals surface area (Å²) in [5, 5.41) is 13.7. The van der Waals surface area contributed by atoms with Gasteiger partial charge < -0.3 is 15.2 Å². The Morgan fingerprint density at radius 2 is 1.67 bits per heavy atom. The van der Waals surface area contributed by atoms with Gasteiger partial charge in [-0.3, -0.25) is 0 Å². The van der Waals surface area contributed by atoms with E-state index in [1.807, 2.05) is 0 Å². The van der Waals surface area contributed by atoms with Gasteiger partial charge in [0.05, 0.1) is 5.97 Å². The van der Waals surface area contributed by atoms with Crippen molar-refractivity contribution in [2.45, 2.75) is 6.54 Å². The van der Waals surface area contributed by atoms with Gasteiger partial charge in [-0.15, -0.1) is 0 Å². The number of carbonyl (C=O) groups excluding carboxylic acids is 1. The van der Waals surface area contributed by atoms with Gasteiger partial charge in [-0.25, -0.2) is 4.39 Å². The summed E-state index contributed by atoms with van der Waals surface area (Å²) in [5.41, 5.74) is 1.88.